The molecule has 0 spiro atoms. The summed E-state index contributed by atoms with van der Waals surface area (Å²) >= 11 is 1.33. The predicted molar refractivity (Wildman–Crippen MR) is 88.3 cm³/mol. The summed E-state index contributed by atoms with van der Waals surface area (Å²) < 4.78 is 5.86. The first kappa shape index (κ1) is 15.0. The van der Waals surface area contributed by atoms with Gasteiger partial charge in [-0.2, -0.15) is 0 Å². The molecule has 1 fully saturated rings. The fraction of sp³-hybridized carbons (Fsp3) is 0.412. The van der Waals surface area contributed by atoms with Crippen molar-refractivity contribution in [1.82, 2.24) is 4.98 Å². The minimum Gasteiger partial charge on any atom is -0.493 e. The van der Waals surface area contributed by atoms with E-state index < -0.39 is 5.91 Å². The number of nitrogens with zero attached hydrogens (tertiary/aromatic N) is 1. The minimum atomic E-state index is -0.419. The SMILES string of the molecule is Cc1nc(-c2ccc(OCC3CCCC3)cc2)sc1C(N)=O. The second kappa shape index (κ2) is 6.48. The lowest BCUT2D eigenvalue weighted by Crippen LogP contribution is -2.09. The first-order chi connectivity index (χ1) is 10.6. The largest absolute Gasteiger partial charge is 0.493 e. The second-order valence-electron chi connectivity index (χ2n) is 5.78. The molecule has 2 aromatic rings. The highest BCUT2D eigenvalue weighted by molar-refractivity contribution is 7.17. The number of aryl methyl sites for hydroxylation is 1. The first-order valence-corrected chi connectivity index (χ1v) is 8.45. The van der Waals surface area contributed by atoms with Crippen molar-refractivity contribution in [1.29, 1.82) is 0 Å². The van der Waals surface area contributed by atoms with Gasteiger partial charge in [0, 0.05) is 5.56 Å². The van der Waals surface area contributed by atoms with Crippen LogP contribution in [0.15, 0.2) is 24.3 Å². The molecule has 0 saturated heterocycles. The molecule has 0 atom stereocenters. The molecular formula is C17H20N2O2S. The van der Waals surface area contributed by atoms with Crippen molar-refractivity contribution in [2.24, 2.45) is 11.7 Å². The van der Waals surface area contributed by atoms with Gasteiger partial charge in [-0.1, -0.05) is 12.8 Å². The summed E-state index contributed by atoms with van der Waals surface area (Å²) in [6.45, 7) is 2.61. The molecule has 0 bridgehead atoms. The van der Waals surface area contributed by atoms with Crippen molar-refractivity contribution in [2.75, 3.05) is 6.61 Å². The number of carbonyl (C=O) groups is 1. The smallest absolute Gasteiger partial charge is 0.260 e. The van der Waals surface area contributed by atoms with Gasteiger partial charge in [-0.25, -0.2) is 4.98 Å². The Bertz CT molecular complexity index is 658. The maximum atomic E-state index is 11.3. The van der Waals surface area contributed by atoms with E-state index in [0.717, 1.165) is 22.9 Å². The van der Waals surface area contributed by atoms with Gasteiger partial charge in [0.2, 0.25) is 0 Å². The molecule has 0 aliphatic heterocycles. The van der Waals surface area contributed by atoms with Crippen LogP contribution < -0.4 is 10.5 Å². The third-order valence-electron chi connectivity index (χ3n) is 4.08. The maximum absolute atomic E-state index is 11.3. The summed E-state index contributed by atoms with van der Waals surface area (Å²) in [6.07, 6.45) is 5.23. The van der Waals surface area contributed by atoms with Crippen LogP contribution in [0.25, 0.3) is 10.6 Å². The van der Waals surface area contributed by atoms with Gasteiger partial charge in [0.25, 0.3) is 5.91 Å². The van der Waals surface area contributed by atoms with E-state index in [4.69, 9.17) is 10.5 Å². The molecule has 2 N–H and O–H groups in total. The van der Waals surface area contributed by atoms with Crippen molar-refractivity contribution >= 4 is 17.2 Å². The Morgan fingerprint density at radius 2 is 2.00 bits per heavy atom. The lowest BCUT2D eigenvalue weighted by molar-refractivity contribution is 0.100. The van der Waals surface area contributed by atoms with Gasteiger partial charge < -0.3 is 10.5 Å². The average Bonchev–Trinajstić information content (AvgIpc) is 3.15. The van der Waals surface area contributed by atoms with Gasteiger partial charge in [-0.05, 0) is 49.9 Å². The molecule has 3 rings (SSSR count). The van der Waals surface area contributed by atoms with Gasteiger partial charge in [0.05, 0.1) is 12.3 Å². The highest BCUT2D eigenvalue weighted by atomic mass is 32.1. The quantitative estimate of drug-likeness (QED) is 0.912. The predicted octanol–water partition coefficient (Wildman–Crippen LogP) is 3.79. The van der Waals surface area contributed by atoms with Gasteiger partial charge in [0.15, 0.2) is 0 Å². The topological polar surface area (TPSA) is 65.2 Å². The summed E-state index contributed by atoms with van der Waals surface area (Å²) in [5, 5.41) is 0.814. The molecule has 1 aromatic heterocycles. The van der Waals surface area contributed by atoms with E-state index in [2.05, 4.69) is 4.98 Å². The van der Waals surface area contributed by atoms with Crippen LogP contribution in [0.2, 0.25) is 0 Å². The Balaban J connectivity index is 1.68. The van der Waals surface area contributed by atoms with Crippen LogP contribution in [0.1, 0.15) is 41.0 Å². The van der Waals surface area contributed by atoms with E-state index >= 15 is 0 Å². The molecule has 22 heavy (non-hydrogen) atoms. The highest BCUT2D eigenvalue weighted by Gasteiger charge is 2.16. The van der Waals surface area contributed by atoms with Gasteiger partial charge in [-0.15, -0.1) is 11.3 Å². The third-order valence-corrected chi connectivity index (χ3v) is 5.30. The Hall–Kier alpha value is -1.88. The molecule has 5 heteroatoms. The molecule has 1 aliphatic rings. The fourth-order valence-corrected chi connectivity index (χ4v) is 3.76. The normalized spacial score (nSPS) is 15.1. The summed E-state index contributed by atoms with van der Waals surface area (Å²) in [6, 6.07) is 7.88. The lowest BCUT2D eigenvalue weighted by Gasteiger charge is -2.11. The Morgan fingerprint density at radius 3 is 2.59 bits per heavy atom. The van der Waals surface area contributed by atoms with E-state index in [1.165, 1.54) is 37.0 Å². The van der Waals surface area contributed by atoms with E-state index in [1.807, 2.05) is 24.3 Å². The number of aromatic nitrogens is 1. The number of primary amides is 1. The molecule has 0 unspecified atom stereocenters. The average molecular weight is 316 g/mol. The number of hydrogen-bond donors (Lipinski definition) is 1. The number of rotatable bonds is 5. The summed E-state index contributed by atoms with van der Waals surface area (Å²) in [5.41, 5.74) is 7.01. The molecule has 1 heterocycles. The van der Waals surface area contributed by atoms with Crippen molar-refractivity contribution in [2.45, 2.75) is 32.6 Å². The lowest BCUT2D eigenvalue weighted by atomic mass is 10.1. The second-order valence-corrected chi connectivity index (χ2v) is 6.78. The molecule has 1 aromatic carbocycles. The van der Waals surface area contributed by atoms with E-state index in [0.29, 0.717) is 16.5 Å². The van der Waals surface area contributed by atoms with E-state index in [9.17, 15) is 4.79 Å². The number of carbonyl (C=O) groups excluding carboxylic acids is 1. The van der Waals surface area contributed by atoms with Crippen LogP contribution in [0.4, 0.5) is 0 Å². The number of nitrogens with two attached hydrogens (primary N) is 1. The number of amides is 1. The molecule has 4 nitrogen and oxygen atoms in total. The zero-order valence-corrected chi connectivity index (χ0v) is 13.5. The summed E-state index contributed by atoms with van der Waals surface area (Å²) in [4.78, 5) is 16.2. The monoisotopic (exact) mass is 316 g/mol. The van der Waals surface area contributed by atoms with Crippen molar-refractivity contribution in [3.63, 3.8) is 0 Å². The molecular weight excluding hydrogens is 296 g/mol. The molecule has 1 saturated carbocycles. The van der Waals surface area contributed by atoms with Crippen LogP contribution in [0, 0.1) is 12.8 Å². The van der Waals surface area contributed by atoms with Crippen LogP contribution in [0.5, 0.6) is 5.75 Å². The van der Waals surface area contributed by atoms with Crippen LogP contribution >= 0.6 is 11.3 Å². The summed E-state index contributed by atoms with van der Waals surface area (Å²) in [7, 11) is 0. The molecule has 1 amide bonds. The van der Waals surface area contributed by atoms with Crippen LogP contribution in [-0.4, -0.2) is 17.5 Å². The van der Waals surface area contributed by atoms with Crippen molar-refractivity contribution < 1.29 is 9.53 Å². The zero-order chi connectivity index (χ0) is 15.5. The number of thiazole rings is 1. The summed E-state index contributed by atoms with van der Waals surface area (Å²) in [5.74, 6) is 1.18. The Kier molecular flexibility index (Phi) is 4.43. The standard InChI is InChI=1S/C17H20N2O2S/c1-11-15(16(18)20)22-17(19-11)13-6-8-14(9-7-13)21-10-12-4-2-3-5-12/h6-9,12H,2-5,10H2,1H3,(H2,18,20). The number of ether oxygens (including phenoxy) is 1. The van der Waals surface area contributed by atoms with Gasteiger partial charge >= 0.3 is 0 Å². The maximum Gasteiger partial charge on any atom is 0.260 e. The van der Waals surface area contributed by atoms with E-state index in [1.54, 1.807) is 6.92 Å². The highest BCUT2D eigenvalue weighted by Crippen LogP contribution is 2.30. The van der Waals surface area contributed by atoms with Crippen LogP contribution in [-0.2, 0) is 0 Å². The molecule has 1 aliphatic carbocycles. The van der Waals surface area contributed by atoms with Gasteiger partial charge in [-0.3, -0.25) is 4.79 Å². The van der Waals surface area contributed by atoms with E-state index in [-0.39, 0.29) is 0 Å². The van der Waals surface area contributed by atoms with Crippen molar-refractivity contribution in [3.8, 4) is 16.3 Å². The van der Waals surface area contributed by atoms with Crippen molar-refractivity contribution in [3.05, 3.63) is 34.8 Å². The van der Waals surface area contributed by atoms with Crippen LogP contribution in [0.3, 0.4) is 0 Å². The molecule has 0 radical (unpaired) electrons. The van der Waals surface area contributed by atoms with Gasteiger partial charge in [0.1, 0.15) is 15.6 Å². The third kappa shape index (κ3) is 3.30. The fourth-order valence-electron chi connectivity index (χ4n) is 2.83. The molecule has 116 valence electrons. The first-order valence-electron chi connectivity index (χ1n) is 7.64. The zero-order valence-electron chi connectivity index (χ0n) is 12.7. The Morgan fingerprint density at radius 1 is 1.32 bits per heavy atom. The number of hydrogen-bond acceptors (Lipinski definition) is 4. The minimum absolute atomic E-state index is 0.419. The number of benzene rings is 1. The Labute approximate surface area is 134 Å².